The van der Waals surface area contributed by atoms with E-state index in [9.17, 15) is 18.4 Å². The molecule has 41 heavy (non-hydrogen) atoms. The van der Waals surface area contributed by atoms with Gasteiger partial charge in [0.1, 0.15) is 31.0 Å². The van der Waals surface area contributed by atoms with Crippen molar-refractivity contribution in [2.45, 2.75) is 44.2 Å². The normalized spacial score (nSPS) is 17.3. The van der Waals surface area contributed by atoms with E-state index in [1.165, 1.54) is 13.2 Å². The van der Waals surface area contributed by atoms with Crippen molar-refractivity contribution in [3.63, 3.8) is 0 Å². The molecule has 1 aliphatic heterocycles. The van der Waals surface area contributed by atoms with Gasteiger partial charge in [-0.25, -0.2) is 13.6 Å². The van der Waals surface area contributed by atoms with Crippen LogP contribution < -0.4 is 16.7 Å². The second kappa shape index (κ2) is 18.2. The van der Waals surface area contributed by atoms with Crippen LogP contribution in [0.5, 0.6) is 5.75 Å². The first-order valence-electron chi connectivity index (χ1n) is 12.3. The molecule has 0 amide bonds. The lowest BCUT2D eigenvalue weighted by Crippen LogP contribution is -2.35. The number of aromatic nitrogens is 2. The average molecular weight is 579 g/mol. The number of halogens is 2. The molecule has 2 heterocycles. The third-order valence-electron chi connectivity index (χ3n) is 5.41. The fourth-order valence-corrected chi connectivity index (χ4v) is 3.29. The molecular weight excluding hydrogens is 542 g/mol. The molecule has 224 valence electrons. The molecule has 1 aliphatic rings. The summed E-state index contributed by atoms with van der Waals surface area (Å²) in [5.74, 6) is -3.07. The SMILES string of the molecule is C=O.CNC(C)C(=O)OCc1ccccc1.COCC1CC(F)(F)C(n2ccc(N)nc2=O)O1.Oc1ccccc1. The van der Waals surface area contributed by atoms with Crippen LogP contribution >= 0.6 is 0 Å². The number of methoxy groups -OCH3 is 1. The van der Waals surface area contributed by atoms with Crippen LogP contribution in [-0.2, 0) is 30.4 Å². The Hall–Kier alpha value is -4.20. The minimum atomic E-state index is -3.15. The minimum absolute atomic E-state index is 0.0222. The van der Waals surface area contributed by atoms with Gasteiger partial charge in [0, 0.05) is 19.7 Å². The van der Waals surface area contributed by atoms with Crippen LogP contribution in [0.15, 0.2) is 77.7 Å². The Balaban J connectivity index is 0.000000323. The molecule has 11 nitrogen and oxygen atoms in total. The van der Waals surface area contributed by atoms with Crippen molar-refractivity contribution in [1.29, 1.82) is 0 Å². The third kappa shape index (κ3) is 12.2. The second-order valence-electron chi connectivity index (χ2n) is 8.51. The summed E-state index contributed by atoms with van der Waals surface area (Å²) < 4.78 is 43.2. The monoisotopic (exact) mass is 578 g/mol. The molecule has 4 rings (SSSR count). The predicted octanol–water partition coefficient (Wildman–Crippen LogP) is 2.94. The summed E-state index contributed by atoms with van der Waals surface area (Å²) >= 11 is 0. The van der Waals surface area contributed by atoms with E-state index < -0.39 is 30.4 Å². The molecule has 3 unspecified atom stereocenters. The molecule has 3 aromatic rings. The molecule has 0 bridgehead atoms. The Morgan fingerprint density at radius 3 is 2.27 bits per heavy atom. The summed E-state index contributed by atoms with van der Waals surface area (Å²) in [5, 5.41) is 11.5. The Labute approximate surface area is 236 Å². The maximum atomic E-state index is 13.7. The molecule has 1 saturated heterocycles. The summed E-state index contributed by atoms with van der Waals surface area (Å²) in [6.45, 7) is 4.16. The summed E-state index contributed by atoms with van der Waals surface area (Å²) in [6.07, 6.45) is -1.77. The van der Waals surface area contributed by atoms with E-state index in [4.69, 9.17) is 29.8 Å². The average Bonchev–Trinajstić information content (AvgIpc) is 3.27. The van der Waals surface area contributed by atoms with E-state index in [-0.39, 0.29) is 24.4 Å². The van der Waals surface area contributed by atoms with Gasteiger partial charge < -0.3 is 35.2 Å². The first kappa shape index (κ1) is 34.8. The number of hydrogen-bond acceptors (Lipinski definition) is 10. The van der Waals surface area contributed by atoms with Crippen molar-refractivity contribution in [3.05, 3.63) is 89.0 Å². The Bertz CT molecular complexity index is 1220. The first-order valence-corrected chi connectivity index (χ1v) is 12.3. The number of ether oxygens (including phenoxy) is 3. The molecule has 4 N–H and O–H groups in total. The minimum Gasteiger partial charge on any atom is -0.508 e. The van der Waals surface area contributed by atoms with Crippen molar-refractivity contribution in [2.75, 3.05) is 26.5 Å². The lowest BCUT2D eigenvalue weighted by atomic mass is 10.2. The highest BCUT2D eigenvalue weighted by molar-refractivity contribution is 5.75. The van der Waals surface area contributed by atoms with Crippen LogP contribution in [0.1, 0.15) is 25.1 Å². The van der Waals surface area contributed by atoms with Gasteiger partial charge in [-0.15, -0.1) is 0 Å². The molecule has 2 aromatic carbocycles. The largest absolute Gasteiger partial charge is 0.508 e. The van der Waals surface area contributed by atoms with E-state index in [1.807, 2.05) is 43.2 Å². The highest BCUT2D eigenvalue weighted by Crippen LogP contribution is 2.41. The highest BCUT2D eigenvalue weighted by Gasteiger charge is 2.51. The summed E-state index contributed by atoms with van der Waals surface area (Å²) in [6, 6.07) is 19.4. The number of nitrogen functional groups attached to an aromatic ring is 1. The maximum absolute atomic E-state index is 13.7. The van der Waals surface area contributed by atoms with E-state index >= 15 is 0 Å². The Morgan fingerprint density at radius 1 is 1.20 bits per heavy atom. The van der Waals surface area contributed by atoms with E-state index in [1.54, 1.807) is 38.2 Å². The zero-order valence-electron chi connectivity index (χ0n) is 23.1. The van der Waals surface area contributed by atoms with Crippen LogP contribution in [0.3, 0.4) is 0 Å². The number of alkyl halides is 2. The topological polar surface area (TPSA) is 155 Å². The van der Waals surface area contributed by atoms with Gasteiger partial charge in [-0.05, 0) is 37.7 Å². The van der Waals surface area contributed by atoms with Gasteiger partial charge >= 0.3 is 11.7 Å². The number of aromatic hydroxyl groups is 1. The number of nitrogens with one attached hydrogen (secondary N) is 1. The number of nitrogens with zero attached hydrogens (tertiary/aromatic N) is 2. The summed E-state index contributed by atoms with van der Waals surface area (Å²) in [7, 11) is 3.13. The lowest BCUT2D eigenvalue weighted by Gasteiger charge is -2.19. The fraction of sp³-hybridized carbons (Fsp3) is 0.357. The number of esters is 1. The smallest absolute Gasteiger partial charge is 0.351 e. The fourth-order valence-electron chi connectivity index (χ4n) is 3.29. The standard InChI is InChI=1S/C11H15NO2.C10H13F2N3O3.C6H6O.CH2O/c1-9(12-2)11(13)14-8-10-6-4-3-5-7-10;1-17-5-6-4-10(11,12)8(18-6)15-3-2-7(13)14-9(15)16;7-6-4-2-1-3-5-6;1-2/h3-7,9,12H,8H2,1-2H3;2-3,6,8H,4-5H2,1H3,(H2,13,14,16);1-5,7H;1H2. The second-order valence-corrected chi connectivity index (χ2v) is 8.51. The van der Waals surface area contributed by atoms with Gasteiger partial charge in [0.2, 0.25) is 6.23 Å². The van der Waals surface area contributed by atoms with E-state index in [0.29, 0.717) is 12.4 Å². The maximum Gasteiger partial charge on any atom is 0.351 e. The van der Waals surface area contributed by atoms with Gasteiger partial charge in [0.25, 0.3) is 5.92 Å². The number of rotatable bonds is 7. The van der Waals surface area contributed by atoms with Gasteiger partial charge in [0.15, 0.2) is 0 Å². The van der Waals surface area contributed by atoms with Gasteiger partial charge in [0.05, 0.1) is 12.7 Å². The molecule has 1 fully saturated rings. The quantitative estimate of drug-likeness (QED) is 0.357. The number of nitrogens with two attached hydrogens (primary N) is 1. The molecule has 3 atom stereocenters. The highest BCUT2D eigenvalue weighted by atomic mass is 19.3. The number of likely N-dealkylation sites (N-methyl/N-ethyl adjacent to an activating group) is 1. The van der Waals surface area contributed by atoms with Gasteiger partial charge in [-0.1, -0.05) is 48.5 Å². The van der Waals surface area contributed by atoms with Gasteiger partial charge in [-0.2, -0.15) is 4.98 Å². The number of para-hydroxylation sites is 1. The predicted molar refractivity (Wildman–Crippen MR) is 148 cm³/mol. The van der Waals surface area contributed by atoms with Crippen LogP contribution in [0.2, 0.25) is 0 Å². The molecule has 0 aliphatic carbocycles. The zero-order valence-corrected chi connectivity index (χ0v) is 23.1. The molecular formula is C28H36F2N4O7. The number of benzene rings is 2. The first-order chi connectivity index (χ1) is 19.6. The van der Waals surface area contributed by atoms with Crippen molar-refractivity contribution < 1.29 is 37.7 Å². The number of hydrogen-bond donors (Lipinski definition) is 3. The van der Waals surface area contributed by atoms with Crippen LogP contribution in [0.25, 0.3) is 0 Å². The van der Waals surface area contributed by atoms with Crippen molar-refractivity contribution in [2.24, 2.45) is 0 Å². The summed E-state index contributed by atoms with van der Waals surface area (Å²) in [4.78, 5) is 34.2. The molecule has 0 radical (unpaired) electrons. The van der Waals surface area contributed by atoms with E-state index in [0.717, 1.165) is 16.3 Å². The lowest BCUT2D eigenvalue weighted by molar-refractivity contribution is -0.146. The number of phenolic OH excluding ortho intramolecular Hbond substituents is 1. The molecule has 0 saturated carbocycles. The molecule has 13 heteroatoms. The molecule has 1 aromatic heterocycles. The summed E-state index contributed by atoms with van der Waals surface area (Å²) in [5.41, 5.74) is 5.44. The van der Waals surface area contributed by atoms with Crippen molar-refractivity contribution in [1.82, 2.24) is 14.9 Å². The number of carbonyl (C=O) groups is 2. The number of phenols is 1. The van der Waals surface area contributed by atoms with Crippen LogP contribution in [-0.4, -0.2) is 66.2 Å². The van der Waals surface area contributed by atoms with Crippen molar-refractivity contribution in [3.8, 4) is 5.75 Å². The van der Waals surface area contributed by atoms with Gasteiger partial charge in [-0.3, -0.25) is 9.36 Å². The molecule has 0 spiro atoms. The number of carbonyl (C=O) groups excluding carboxylic acids is 2. The third-order valence-corrected chi connectivity index (χ3v) is 5.41. The Kier molecular flexibility index (Phi) is 15.5. The van der Waals surface area contributed by atoms with Crippen LogP contribution in [0, 0.1) is 0 Å². The Morgan fingerprint density at radius 2 is 1.78 bits per heavy atom. The number of anilines is 1. The van der Waals surface area contributed by atoms with E-state index in [2.05, 4.69) is 10.3 Å². The van der Waals surface area contributed by atoms with Crippen molar-refractivity contribution >= 4 is 18.6 Å². The zero-order chi connectivity index (χ0) is 30.8. The van der Waals surface area contributed by atoms with Crippen LogP contribution in [0.4, 0.5) is 14.6 Å².